The second-order valence-electron chi connectivity index (χ2n) is 7.17. The Hall–Kier alpha value is -3.24. The van der Waals surface area contributed by atoms with Gasteiger partial charge in [0.15, 0.2) is 5.13 Å². The van der Waals surface area contributed by atoms with Crippen molar-refractivity contribution < 1.29 is 22.7 Å². The van der Waals surface area contributed by atoms with E-state index < -0.39 is 21.9 Å². The lowest BCUT2D eigenvalue weighted by atomic mass is 10.1. The minimum Gasteiger partial charge on any atom is -0.462 e. The number of ether oxygens (including phenoxy) is 1. The average Bonchev–Trinajstić information content (AvgIpc) is 3.38. The number of nitrogens with zero attached hydrogens (tertiary/aromatic N) is 2. The summed E-state index contributed by atoms with van der Waals surface area (Å²) in [5.74, 6) is -0.892. The van der Waals surface area contributed by atoms with Crippen LogP contribution >= 0.6 is 11.3 Å². The van der Waals surface area contributed by atoms with Crippen molar-refractivity contribution >= 4 is 44.1 Å². The molecule has 1 aliphatic heterocycles. The molecule has 2 aromatic carbocycles. The van der Waals surface area contributed by atoms with Crippen LogP contribution in [0, 0.1) is 0 Å². The van der Waals surface area contributed by atoms with Crippen LogP contribution in [0.3, 0.4) is 0 Å². The Morgan fingerprint density at radius 2 is 1.94 bits per heavy atom. The molecule has 0 radical (unpaired) electrons. The topological polar surface area (TPSA) is 106 Å². The molecule has 32 heavy (non-hydrogen) atoms. The Morgan fingerprint density at radius 1 is 1.19 bits per heavy atom. The van der Waals surface area contributed by atoms with Gasteiger partial charge < -0.3 is 4.74 Å². The first-order valence-electron chi connectivity index (χ1n) is 9.93. The van der Waals surface area contributed by atoms with Crippen LogP contribution in [-0.2, 0) is 21.2 Å². The molecule has 0 bridgehead atoms. The molecule has 2 heterocycles. The van der Waals surface area contributed by atoms with Crippen LogP contribution < -0.4 is 9.62 Å². The highest BCUT2D eigenvalue weighted by atomic mass is 32.2. The number of hydrogen-bond acceptors (Lipinski definition) is 7. The third-order valence-corrected chi connectivity index (χ3v) is 7.08. The highest BCUT2D eigenvalue weighted by molar-refractivity contribution is 7.92. The van der Waals surface area contributed by atoms with Gasteiger partial charge in [-0.1, -0.05) is 41.7 Å². The third kappa shape index (κ3) is 4.37. The molecule has 1 N–H and O–H groups in total. The number of benzene rings is 2. The molecule has 0 aliphatic carbocycles. The average molecular weight is 472 g/mol. The van der Waals surface area contributed by atoms with E-state index in [1.54, 1.807) is 25.1 Å². The number of hydrogen-bond donors (Lipinski definition) is 1. The maximum Gasteiger partial charge on any atom is 0.350 e. The normalized spacial score (nSPS) is 13.0. The molecule has 4 rings (SSSR count). The summed E-state index contributed by atoms with van der Waals surface area (Å²) in [6.45, 7) is 2.31. The predicted molar refractivity (Wildman–Crippen MR) is 124 cm³/mol. The Balaban J connectivity index is 1.61. The van der Waals surface area contributed by atoms with Crippen molar-refractivity contribution in [2.24, 2.45) is 0 Å². The second-order valence-corrected chi connectivity index (χ2v) is 10.1. The number of rotatable bonds is 6. The summed E-state index contributed by atoms with van der Waals surface area (Å²) >= 11 is 1.05. The quantitative estimate of drug-likeness (QED) is 0.551. The number of fused-ring (bicyclic) bond motifs is 1. The SMILES string of the molecule is CCOC(=O)c1sc(NC(=O)c2ccc3c(c2)CCN3S(C)(=O)=O)nc1-c1ccccc1. The number of carbonyl (C=O) groups excluding carboxylic acids is 2. The molecule has 1 aliphatic rings. The number of sulfonamides is 1. The smallest absolute Gasteiger partial charge is 0.350 e. The Labute approximate surface area is 189 Å². The van der Waals surface area contributed by atoms with Crippen molar-refractivity contribution in [1.29, 1.82) is 0 Å². The highest BCUT2D eigenvalue weighted by Crippen LogP contribution is 2.33. The van der Waals surface area contributed by atoms with Crippen molar-refractivity contribution in [3.8, 4) is 11.3 Å². The van der Waals surface area contributed by atoms with Gasteiger partial charge >= 0.3 is 5.97 Å². The van der Waals surface area contributed by atoms with Crippen LogP contribution in [0.2, 0.25) is 0 Å². The van der Waals surface area contributed by atoms with Crippen LogP contribution in [0.4, 0.5) is 10.8 Å². The van der Waals surface area contributed by atoms with E-state index in [0.717, 1.165) is 28.7 Å². The summed E-state index contributed by atoms with van der Waals surface area (Å²) in [6, 6.07) is 14.1. The van der Waals surface area contributed by atoms with Crippen LogP contribution in [-0.4, -0.2) is 44.7 Å². The lowest BCUT2D eigenvalue weighted by molar-refractivity contribution is 0.0532. The van der Waals surface area contributed by atoms with E-state index in [1.165, 1.54) is 4.31 Å². The molecule has 166 valence electrons. The van der Waals surface area contributed by atoms with Gasteiger partial charge in [-0.05, 0) is 37.1 Å². The van der Waals surface area contributed by atoms with E-state index in [4.69, 9.17) is 4.74 Å². The van der Waals surface area contributed by atoms with Gasteiger partial charge in [-0.25, -0.2) is 18.2 Å². The number of thiazole rings is 1. The number of carbonyl (C=O) groups is 2. The van der Waals surface area contributed by atoms with E-state index in [1.807, 2.05) is 30.3 Å². The predicted octanol–water partition coefficient (Wildman–Crippen LogP) is 3.56. The van der Waals surface area contributed by atoms with Gasteiger partial charge in [0.05, 0.1) is 24.2 Å². The largest absolute Gasteiger partial charge is 0.462 e. The first-order chi connectivity index (χ1) is 15.3. The van der Waals surface area contributed by atoms with E-state index >= 15 is 0 Å². The first kappa shape index (κ1) is 22.0. The molecule has 1 aromatic heterocycles. The van der Waals surface area contributed by atoms with Gasteiger partial charge in [0.1, 0.15) is 4.88 Å². The molecule has 10 heteroatoms. The Bertz CT molecular complexity index is 1290. The highest BCUT2D eigenvalue weighted by Gasteiger charge is 2.27. The molecule has 3 aromatic rings. The zero-order valence-electron chi connectivity index (χ0n) is 17.5. The number of aromatic nitrogens is 1. The Kier molecular flexibility index (Phi) is 5.98. The van der Waals surface area contributed by atoms with Crippen molar-refractivity contribution in [3.63, 3.8) is 0 Å². The number of nitrogens with one attached hydrogen (secondary N) is 1. The Morgan fingerprint density at radius 3 is 2.62 bits per heavy atom. The molecule has 0 atom stereocenters. The third-order valence-electron chi connectivity index (χ3n) is 4.95. The van der Waals surface area contributed by atoms with Crippen molar-refractivity contribution in [2.45, 2.75) is 13.3 Å². The molecule has 0 fully saturated rings. The van der Waals surface area contributed by atoms with Gasteiger partial charge in [0, 0.05) is 17.7 Å². The van der Waals surface area contributed by atoms with Gasteiger partial charge in [-0.15, -0.1) is 0 Å². The molecular formula is C22H21N3O5S2. The minimum atomic E-state index is -3.36. The molecule has 0 saturated heterocycles. The van der Waals surface area contributed by atoms with Crippen LogP contribution in [0.25, 0.3) is 11.3 Å². The van der Waals surface area contributed by atoms with Gasteiger partial charge in [0.25, 0.3) is 5.91 Å². The van der Waals surface area contributed by atoms with Gasteiger partial charge in [0.2, 0.25) is 10.0 Å². The summed E-state index contributed by atoms with van der Waals surface area (Å²) in [7, 11) is -3.36. The van der Waals surface area contributed by atoms with E-state index in [9.17, 15) is 18.0 Å². The fourth-order valence-corrected chi connectivity index (χ4v) is 5.36. The fourth-order valence-electron chi connectivity index (χ4n) is 3.53. The number of esters is 1. The van der Waals surface area contributed by atoms with Crippen LogP contribution in [0.1, 0.15) is 32.5 Å². The second kappa shape index (κ2) is 8.71. The van der Waals surface area contributed by atoms with E-state index in [-0.39, 0.29) is 11.7 Å². The maximum absolute atomic E-state index is 12.9. The number of amides is 1. The molecule has 8 nitrogen and oxygen atoms in total. The van der Waals surface area contributed by atoms with Gasteiger partial charge in [-0.3, -0.25) is 14.4 Å². The summed E-state index contributed by atoms with van der Waals surface area (Å²) in [5, 5.41) is 3.02. The van der Waals surface area contributed by atoms with Crippen molar-refractivity contribution in [1.82, 2.24) is 4.98 Å². The summed E-state index contributed by atoms with van der Waals surface area (Å²) < 4.78 is 30.3. The maximum atomic E-state index is 12.9. The summed E-state index contributed by atoms with van der Waals surface area (Å²) in [4.78, 5) is 30.1. The first-order valence-corrected chi connectivity index (χ1v) is 12.6. The van der Waals surface area contributed by atoms with Crippen molar-refractivity contribution in [2.75, 3.05) is 29.0 Å². The number of anilines is 2. The zero-order valence-corrected chi connectivity index (χ0v) is 19.1. The van der Waals surface area contributed by atoms with Crippen LogP contribution in [0.15, 0.2) is 48.5 Å². The fraction of sp³-hybridized carbons (Fsp3) is 0.227. The van der Waals surface area contributed by atoms with Crippen LogP contribution in [0.5, 0.6) is 0 Å². The minimum absolute atomic E-state index is 0.228. The summed E-state index contributed by atoms with van der Waals surface area (Å²) in [6.07, 6.45) is 1.70. The summed E-state index contributed by atoms with van der Waals surface area (Å²) in [5.41, 5.74) is 2.95. The molecule has 0 spiro atoms. The lowest BCUT2D eigenvalue weighted by Gasteiger charge is -2.16. The molecule has 0 saturated carbocycles. The standard InChI is InChI=1S/C22H21N3O5S2/c1-3-30-21(27)19-18(14-7-5-4-6-8-14)23-22(31-19)24-20(26)16-9-10-17-15(13-16)11-12-25(17)32(2,28)29/h4-10,13H,3,11-12H2,1-2H3,(H,23,24,26). The zero-order chi connectivity index (χ0) is 22.9. The molecular weight excluding hydrogens is 450 g/mol. The van der Waals surface area contributed by atoms with Gasteiger partial charge in [-0.2, -0.15) is 0 Å². The van der Waals surface area contributed by atoms with E-state index in [2.05, 4.69) is 10.3 Å². The molecule has 1 amide bonds. The van der Waals surface area contributed by atoms with E-state index in [0.29, 0.717) is 34.8 Å². The molecule has 0 unspecified atom stereocenters. The van der Waals surface area contributed by atoms with Crippen molar-refractivity contribution in [3.05, 3.63) is 64.5 Å². The monoisotopic (exact) mass is 471 g/mol. The lowest BCUT2D eigenvalue weighted by Crippen LogP contribution is -2.27.